The third-order valence-electron chi connectivity index (χ3n) is 2.21. The highest BCUT2D eigenvalue weighted by atomic mass is 16.5. The molecule has 0 aliphatic carbocycles. The summed E-state index contributed by atoms with van der Waals surface area (Å²) < 4.78 is 8.94. The fraction of sp³-hybridized carbons (Fsp3) is 0.154. The molecule has 0 spiro atoms. The first-order chi connectivity index (χ1) is 9.10. The Balaban J connectivity index is 2.85. The van der Waals surface area contributed by atoms with Crippen molar-refractivity contribution in [1.82, 2.24) is 5.32 Å². The lowest BCUT2D eigenvalue weighted by Crippen LogP contribution is -2.21. The van der Waals surface area contributed by atoms with Crippen LogP contribution < -0.4 is 5.32 Å². The summed E-state index contributed by atoms with van der Waals surface area (Å²) in [6.45, 7) is 0. The third-order valence-corrected chi connectivity index (χ3v) is 2.21. The molecular formula is C13H13NO5. The van der Waals surface area contributed by atoms with Crippen LogP contribution in [0.1, 0.15) is 20.7 Å². The van der Waals surface area contributed by atoms with Crippen molar-refractivity contribution >= 4 is 17.8 Å². The fourth-order valence-corrected chi connectivity index (χ4v) is 1.30. The van der Waals surface area contributed by atoms with E-state index in [1.165, 1.54) is 26.4 Å². The predicted molar refractivity (Wildman–Crippen MR) is 66.4 cm³/mol. The Morgan fingerprint density at radius 1 is 1.05 bits per heavy atom. The van der Waals surface area contributed by atoms with Crippen LogP contribution in [0, 0.1) is 0 Å². The van der Waals surface area contributed by atoms with Gasteiger partial charge in [-0.25, -0.2) is 9.59 Å². The molecule has 1 aromatic rings. The van der Waals surface area contributed by atoms with Gasteiger partial charge in [-0.1, -0.05) is 12.1 Å². The number of ether oxygens (including phenoxy) is 2. The van der Waals surface area contributed by atoms with Crippen LogP contribution >= 0.6 is 0 Å². The Kier molecular flexibility index (Phi) is 5.28. The Labute approximate surface area is 110 Å². The zero-order valence-corrected chi connectivity index (χ0v) is 10.5. The highest BCUT2D eigenvalue weighted by Crippen LogP contribution is 2.09. The average molecular weight is 263 g/mol. The summed E-state index contributed by atoms with van der Waals surface area (Å²) in [6.07, 6.45) is 2.20. The molecule has 1 amide bonds. The first-order valence-corrected chi connectivity index (χ1v) is 5.33. The average Bonchev–Trinajstić information content (AvgIpc) is 2.45. The minimum absolute atomic E-state index is 0.147. The molecule has 0 bridgehead atoms. The van der Waals surface area contributed by atoms with Crippen LogP contribution in [0.5, 0.6) is 0 Å². The van der Waals surface area contributed by atoms with Gasteiger partial charge in [0.2, 0.25) is 0 Å². The normalized spacial score (nSPS) is 10.0. The quantitative estimate of drug-likeness (QED) is 0.644. The van der Waals surface area contributed by atoms with E-state index in [1.807, 2.05) is 0 Å². The summed E-state index contributed by atoms with van der Waals surface area (Å²) in [5.74, 6) is -1.73. The number of carbonyl (C=O) groups is 3. The summed E-state index contributed by atoms with van der Waals surface area (Å²) in [7, 11) is 2.45. The molecule has 0 radical (unpaired) electrons. The molecule has 0 aliphatic rings. The molecule has 0 saturated heterocycles. The number of benzene rings is 1. The van der Waals surface area contributed by atoms with E-state index >= 15 is 0 Å². The molecule has 6 nitrogen and oxygen atoms in total. The van der Waals surface area contributed by atoms with Gasteiger partial charge in [0.05, 0.1) is 25.3 Å². The monoisotopic (exact) mass is 263 g/mol. The predicted octanol–water partition coefficient (Wildman–Crippen LogP) is 0.890. The van der Waals surface area contributed by atoms with E-state index in [4.69, 9.17) is 0 Å². The number of nitrogens with one attached hydrogen (secondary N) is 1. The van der Waals surface area contributed by atoms with Crippen LogP contribution in [0.25, 0.3) is 0 Å². The van der Waals surface area contributed by atoms with Crippen molar-refractivity contribution in [2.75, 3.05) is 14.2 Å². The first-order valence-electron chi connectivity index (χ1n) is 5.33. The summed E-state index contributed by atoms with van der Waals surface area (Å²) in [5.41, 5.74) is 0.304. The smallest absolute Gasteiger partial charge is 0.338 e. The molecule has 0 aliphatic heterocycles. The van der Waals surface area contributed by atoms with Crippen molar-refractivity contribution in [3.8, 4) is 0 Å². The van der Waals surface area contributed by atoms with E-state index in [1.54, 1.807) is 12.1 Å². The van der Waals surface area contributed by atoms with Gasteiger partial charge in [-0.3, -0.25) is 4.79 Å². The standard InChI is InChI=1S/C13H13NO5/c1-18-11(15)7-8-14-12(16)9-5-3-4-6-10(9)13(17)19-2/h3-8H,1-2H3,(H,14,16). The molecule has 1 N–H and O–H groups in total. The van der Waals surface area contributed by atoms with Gasteiger partial charge in [-0.15, -0.1) is 0 Å². The molecule has 0 saturated carbocycles. The minimum Gasteiger partial charge on any atom is -0.466 e. The van der Waals surface area contributed by atoms with Crippen LogP contribution in [0.2, 0.25) is 0 Å². The molecule has 6 heteroatoms. The number of hydrogen-bond donors (Lipinski definition) is 1. The Hall–Kier alpha value is -2.63. The molecule has 19 heavy (non-hydrogen) atoms. The molecule has 1 rings (SSSR count). The molecule has 0 atom stereocenters. The fourth-order valence-electron chi connectivity index (χ4n) is 1.30. The maximum atomic E-state index is 11.8. The zero-order valence-electron chi connectivity index (χ0n) is 10.5. The van der Waals surface area contributed by atoms with E-state index < -0.39 is 17.8 Å². The van der Waals surface area contributed by atoms with Crippen molar-refractivity contribution in [1.29, 1.82) is 0 Å². The number of methoxy groups -OCH3 is 2. The van der Waals surface area contributed by atoms with Gasteiger partial charge >= 0.3 is 11.9 Å². The van der Waals surface area contributed by atoms with Crippen molar-refractivity contribution in [3.05, 3.63) is 47.7 Å². The van der Waals surface area contributed by atoms with Crippen molar-refractivity contribution in [2.24, 2.45) is 0 Å². The van der Waals surface area contributed by atoms with E-state index in [9.17, 15) is 14.4 Å². The third kappa shape index (κ3) is 3.95. The maximum Gasteiger partial charge on any atom is 0.338 e. The lowest BCUT2D eigenvalue weighted by atomic mass is 10.1. The SMILES string of the molecule is COC(=O)C=CNC(=O)c1ccccc1C(=O)OC. The van der Waals surface area contributed by atoms with Crippen LogP contribution in [0.3, 0.4) is 0 Å². The molecule has 0 heterocycles. The number of carbonyl (C=O) groups excluding carboxylic acids is 3. The summed E-state index contributed by atoms with van der Waals surface area (Å²) in [6, 6.07) is 6.19. The van der Waals surface area contributed by atoms with E-state index in [-0.39, 0.29) is 11.1 Å². The van der Waals surface area contributed by atoms with Gasteiger partial charge < -0.3 is 14.8 Å². The second-order valence-electron chi connectivity index (χ2n) is 3.37. The van der Waals surface area contributed by atoms with Gasteiger partial charge in [0.1, 0.15) is 0 Å². The Morgan fingerprint density at radius 2 is 1.68 bits per heavy atom. The van der Waals surface area contributed by atoms with Crippen molar-refractivity contribution in [3.63, 3.8) is 0 Å². The second-order valence-corrected chi connectivity index (χ2v) is 3.37. The zero-order chi connectivity index (χ0) is 14.3. The number of rotatable bonds is 4. The number of hydrogen-bond acceptors (Lipinski definition) is 5. The first kappa shape index (κ1) is 14.4. The van der Waals surface area contributed by atoms with E-state index in [0.29, 0.717) is 0 Å². The highest BCUT2D eigenvalue weighted by Gasteiger charge is 2.15. The molecule has 0 unspecified atom stereocenters. The highest BCUT2D eigenvalue weighted by molar-refractivity contribution is 6.05. The maximum absolute atomic E-state index is 11.8. The molecular weight excluding hydrogens is 250 g/mol. The van der Waals surface area contributed by atoms with Gasteiger partial charge in [0, 0.05) is 12.3 Å². The minimum atomic E-state index is -0.609. The summed E-state index contributed by atoms with van der Waals surface area (Å²) >= 11 is 0. The van der Waals surface area contributed by atoms with Crippen molar-refractivity contribution < 1.29 is 23.9 Å². The van der Waals surface area contributed by atoms with Crippen LogP contribution in [-0.4, -0.2) is 32.1 Å². The van der Waals surface area contributed by atoms with Gasteiger partial charge in [-0.2, -0.15) is 0 Å². The van der Waals surface area contributed by atoms with Crippen LogP contribution in [0.15, 0.2) is 36.5 Å². The van der Waals surface area contributed by atoms with Gasteiger partial charge in [0.25, 0.3) is 5.91 Å². The van der Waals surface area contributed by atoms with Gasteiger partial charge in [-0.05, 0) is 12.1 Å². The number of esters is 2. The molecule has 0 aromatic heterocycles. The second kappa shape index (κ2) is 6.95. The van der Waals surface area contributed by atoms with Crippen molar-refractivity contribution in [2.45, 2.75) is 0 Å². The molecule has 0 fully saturated rings. The van der Waals surface area contributed by atoms with E-state index in [2.05, 4.69) is 14.8 Å². The topological polar surface area (TPSA) is 81.7 Å². The lowest BCUT2D eigenvalue weighted by molar-refractivity contribution is -0.134. The Morgan fingerprint density at radius 3 is 2.26 bits per heavy atom. The Bertz CT molecular complexity index is 522. The summed E-state index contributed by atoms with van der Waals surface area (Å²) in [5, 5.41) is 2.36. The summed E-state index contributed by atoms with van der Waals surface area (Å²) in [4.78, 5) is 34.1. The largest absolute Gasteiger partial charge is 0.466 e. The lowest BCUT2D eigenvalue weighted by Gasteiger charge is -2.06. The number of amides is 1. The van der Waals surface area contributed by atoms with Crippen LogP contribution in [-0.2, 0) is 14.3 Å². The van der Waals surface area contributed by atoms with Crippen LogP contribution in [0.4, 0.5) is 0 Å². The molecule has 100 valence electrons. The molecule has 1 aromatic carbocycles. The van der Waals surface area contributed by atoms with Gasteiger partial charge in [0.15, 0.2) is 0 Å². The van der Waals surface area contributed by atoms with E-state index in [0.717, 1.165) is 12.3 Å².